The van der Waals surface area contributed by atoms with Crippen molar-refractivity contribution < 1.29 is 22.7 Å². The largest absolute Gasteiger partial charge is 0.461 e. The summed E-state index contributed by atoms with van der Waals surface area (Å²) < 4.78 is 52.6. The first-order valence-corrected chi connectivity index (χ1v) is 17.9. The third kappa shape index (κ3) is 6.06. The number of carbonyl (C=O) groups is 1. The number of aromatic nitrogens is 4. The zero-order valence-corrected chi connectivity index (χ0v) is 28.1. The Bertz CT molecular complexity index is 2000. The summed E-state index contributed by atoms with van der Waals surface area (Å²) in [5.74, 6) is -1.70. The van der Waals surface area contributed by atoms with E-state index in [1.54, 1.807) is 11.6 Å². The van der Waals surface area contributed by atoms with E-state index in [-0.39, 0.29) is 49.9 Å². The van der Waals surface area contributed by atoms with Gasteiger partial charge in [0.05, 0.1) is 29.5 Å². The smallest absolute Gasteiger partial charge is 0.319 e. The summed E-state index contributed by atoms with van der Waals surface area (Å²) in [6.45, 7) is 1.75. The summed E-state index contributed by atoms with van der Waals surface area (Å²) in [4.78, 5) is 36.5. The van der Waals surface area contributed by atoms with Gasteiger partial charge in [-0.3, -0.25) is 14.7 Å². The molecule has 1 aliphatic carbocycles. The number of amides is 1. The van der Waals surface area contributed by atoms with Crippen LogP contribution in [0.4, 0.5) is 19.0 Å². The highest BCUT2D eigenvalue weighted by Gasteiger charge is 2.49. The first-order valence-electron chi connectivity index (χ1n) is 17.0. The predicted octanol–water partition coefficient (Wildman–Crippen LogP) is 6.06. The van der Waals surface area contributed by atoms with Gasteiger partial charge in [0.1, 0.15) is 34.8 Å². The zero-order valence-electron chi connectivity index (χ0n) is 27.3. The number of benzene rings is 1. The number of rotatable bonds is 9. The van der Waals surface area contributed by atoms with Crippen LogP contribution in [0.3, 0.4) is 0 Å². The molecule has 6 heterocycles. The molecule has 4 aliphatic rings. The van der Waals surface area contributed by atoms with Gasteiger partial charge in [-0.2, -0.15) is 15.2 Å². The van der Waals surface area contributed by atoms with Crippen molar-refractivity contribution in [1.29, 1.82) is 5.26 Å². The number of fused-ring (bicyclic) bond motifs is 2. The second kappa shape index (κ2) is 13.3. The van der Waals surface area contributed by atoms with E-state index in [1.807, 2.05) is 29.2 Å². The van der Waals surface area contributed by atoms with Crippen molar-refractivity contribution in [2.75, 3.05) is 44.2 Å². The minimum atomic E-state index is -0.965. The number of nitriles is 1. The minimum absolute atomic E-state index is 0.0314. The SMILES string of the molecule is N#CC[C@H]1CN(c2nc(OC[C@@]34CCCN3C[C@H](F)C4)nc3c(F)c(-c4ccccc4C4CC4)ncc23)CCN1C(=O)/C(F)=C/c1nccs1. The van der Waals surface area contributed by atoms with E-state index in [2.05, 4.69) is 25.9 Å². The third-order valence-electron chi connectivity index (χ3n) is 10.4. The van der Waals surface area contributed by atoms with E-state index in [0.29, 0.717) is 40.7 Å². The number of hydrogen-bond acceptors (Lipinski definition) is 10. The number of pyridine rings is 1. The second-order valence-corrected chi connectivity index (χ2v) is 14.5. The number of carbonyl (C=O) groups excluding carboxylic acids is 1. The zero-order chi connectivity index (χ0) is 34.4. The van der Waals surface area contributed by atoms with Crippen molar-refractivity contribution in [2.24, 2.45) is 0 Å². The van der Waals surface area contributed by atoms with E-state index in [1.165, 1.54) is 22.4 Å². The van der Waals surface area contributed by atoms with Gasteiger partial charge in [0.15, 0.2) is 11.6 Å². The summed E-state index contributed by atoms with van der Waals surface area (Å²) in [5.41, 5.74) is 1.51. The van der Waals surface area contributed by atoms with Gasteiger partial charge >= 0.3 is 6.01 Å². The maximum atomic E-state index is 16.7. The summed E-state index contributed by atoms with van der Waals surface area (Å²) in [6.07, 6.45) is 7.34. The van der Waals surface area contributed by atoms with E-state index in [0.717, 1.165) is 43.9 Å². The van der Waals surface area contributed by atoms with Crippen LogP contribution in [0.15, 0.2) is 47.9 Å². The molecule has 3 aliphatic heterocycles. The molecular formula is C36H35F3N8O2S. The Hall–Kier alpha value is -4.61. The van der Waals surface area contributed by atoms with Crippen LogP contribution in [-0.2, 0) is 4.79 Å². The molecule has 258 valence electrons. The van der Waals surface area contributed by atoms with E-state index < -0.39 is 35.3 Å². The average Bonchev–Trinajstić information content (AvgIpc) is 3.57. The molecule has 0 radical (unpaired) electrons. The average molecular weight is 701 g/mol. The molecule has 3 atom stereocenters. The molecule has 3 aromatic heterocycles. The Labute approximate surface area is 291 Å². The Kier molecular flexibility index (Phi) is 8.64. The first-order chi connectivity index (χ1) is 24.3. The van der Waals surface area contributed by atoms with Gasteiger partial charge in [0.2, 0.25) is 0 Å². The molecule has 10 nitrogen and oxygen atoms in total. The highest BCUT2D eigenvalue weighted by Crippen LogP contribution is 2.45. The van der Waals surface area contributed by atoms with Gasteiger partial charge in [-0.05, 0) is 43.7 Å². The van der Waals surface area contributed by atoms with Crippen molar-refractivity contribution in [3.63, 3.8) is 0 Å². The summed E-state index contributed by atoms with van der Waals surface area (Å²) in [7, 11) is 0. The van der Waals surface area contributed by atoms with Gasteiger partial charge in [-0.25, -0.2) is 18.2 Å². The van der Waals surface area contributed by atoms with Crippen LogP contribution in [0.25, 0.3) is 28.2 Å². The number of halogens is 3. The number of nitrogens with zero attached hydrogens (tertiary/aromatic N) is 8. The van der Waals surface area contributed by atoms with Gasteiger partial charge in [0.25, 0.3) is 5.91 Å². The van der Waals surface area contributed by atoms with Crippen LogP contribution in [0.1, 0.15) is 55.0 Å². The molecule has 14 heteroatoms. The molecule has 1 saturated carbocycles. The van der Waals surface area contributed by atoms with Crippen molar-refractivity contribution in [3.05, 3.63) is 64.3 Å². The van der Waals surface area contributed by atoms with Crippen LogP contribution >= 0.6 is 11.3 Å². The van der Waals surface area contributed by atoms with Gasteiger partial charge in [-0.1, -0.05) is 24.3 Å². The number of anilines is 1. The van der Waals surface area contributed by atoms with Crippen molar-refractivity contribution in [3.8, 4) is 23.3 Å². The normalized spacial score (nSPS) is 24.1. The number of hydrogen-bond donors (Lipinski definition) is 0. The Morgan fingerprint density at radius 3 is 2.82 bits per heavy atom. The minimum Gasteiger partial charge on any atom is -0.461 e. The lowest BCUT2D eigenvalue weighted by Crippen LogP contribution is -2.55. The van der Waals surface area contributed by atoms with Gasteiger partial charge in [-0.15, -0.1) is 11.3 Å². The number of piperazine rings is 1. The highest BCUT2D eigenvalue weighted by molar-refractivity contribution is 7.10. The fourth-order valence-electron chi connectivity index (χ4n) is 7.83. The Balaban J connectivity index is 1.15. The lowest BCUT2D eigenvalue weighted by atomic mass is 9.95. The lowest BCUT2D eigenvalue weighted by molar-refractivity contribution is -0.131. The van der Waals surface area contributed by atoms with Gasteiger partial charge < -0.3 is 14.5 Å². The van der Waals surface area contributed by atoms with Crippen molar-refractivity contribution >= 4 is 40.0 Å². The molecule has 4 aromatic rings. The number of alkyl halides is 1. The van der Waals surface area contributed by atoms with Crippen LogP contribution < -0.4 is 9.64 Å². The van der Waals surface area contributed by atoms with Gasteiger partial charge in [0, 0.05) is 62.0 Å². The monoisotopic (exact) mass is 700 g/mol. The third-order valence-corrected chi connectivity index (χ3v) is 11.1. The van der Waals surface area contributed by atoms with Crippen molar-refractivity contribution in [2.45, 2.75) is 62.2 Å². The van der Waals surface area contributed by atoms with Crippen LogP contribution in [0.2, 0.25) is 0 Å². The quantitative estimate of drug-likeness (QED) is 0.193. The molecule has 50 heavy (non-hydrogen) atoms. The molecule has 0 N–H and O–H groups in total. The fourth-order valence-corrected chi connectivity index (χ4v) is 8.39. The lowest BCUT2D eigenvalue weighted by Gasteiger charge is -2.41. The molecule has 1 amide bonds. The van der Waals surface area contributed by atoms with Crippen LogP contribution in [0.5, 0.6) is 6.01 Å². The van der Waals surface area contributed by atoms with Crippen LogP contribution in [0, 0.1) is 17.1 Å². The van der Waals surface area contributed by atoms with E-state index in [4.69, 9.17) is 9.72 Å². The van der Waals surface area contributed by atoms with Crippen LogP contribution in [-0.4, -0.2) is 92.7 Å². The fraction of sp³-hybridized carbons (Fsp3) is 0.444. The molecule has 1 aromatic carbocycles. The molecule has 8 rings (SSSR count). The molecule has 0 bridgehead atoms. The molecule has 4 fully saturated rings. The molecular weight excluding hydrogens is 666 g/mol. The Morgan fingerprint density at radius 1 is 1.16 bits per heavy atom. The second-order valence-electron chi connectivity index (χ2n) is 13.6. The highest BCUT2D eigenvalue weighted by atomic mass is 32.1. The van der Waals surface area contributed by atoms with E-state index in [9.17, 15) is 14.4 Å². The maximum Gasteiger partial charge on any atom is 0.319 e. The summed E-state index contributed by atoms with van der Waals surface area (Å²) >= 11 is 1.21. The summed E-state index contributed by atoms with van der Waals surface area (Å²) in [5, 5.41) is 12.1. The standard InChI is InChI=1S/C36H35F3N8O2S/c37-23-17-36(9-3-12-46(36)19-23)21-49-35-43-32-27(18-42-31(30(32)39)26-5-2-1-4-25(26)22-6-7-22)33(44-35)45-13-14-47(24(20-45)8-10-40)34(48)28(38)16-29-41-11-15-50-29/h1-2,4-5,11,15-16,18,22-24H,3,6-9,12-14,17,19-21H2/b28-16-/t23-,24+,36+/m1/s1. The maximum absolute atomic E-state index is 16.7. The number of thiazole rings is 1. The Morgan fingerprint density at radius 2 is 2.02 bits per heavy atom. The topological polar surface area (TPSA) is 111 Å². The molecule has 3 saturated heterocycles. The first kappa shape index (κ1) is 32.6. The number of ether oxygens (including phenoxy) is 1. The van der Waals surface area contributed by atoms with E-state index >= 15 is 8.78 Å². The molecule has 0 unspecified atom stereocenters. The van der Waals surface area contributed by atoms with Crippen molar-refractivity contribution in [1.82, 2.24) is 29.7 Å². The molecule has 0 spiro atoms. The summed E-state index contributed by atoms with van der Waals surface area (Å²) in [6, 6.07) is 9.08. The predicted molar refractivity (Wildman–Crippen MR) is 182 cm³/mol.